The van der Waals surface area contributed by atoms with Crippen molar-refractivity contribution in [2.24, 2.45) is 0 Å². The highest BCUT2D eigenvalue weighted by atomic mass is 16.6. The Morgan fingerprint density at radius 3 is 1.75 bits per heavy atom. The van der Waals surface area contributed by atoms with E-state index in [0.29, 0.717) is 43.5 Å². The minimum Gasteiger partial charge on any atom is -0.462 e. The molecule has 12 nitrogen and oxygen atoms in total. The number of cyclic esters (lactones) is 1. The summed E-state index contributed by atoms with van der Waals surface area (Å²) in [6.45, 7) is 9.61. The minimum absolute atomic E-state index is 0.0247. The van der Waals surface area contributed by atoms with Gasteiger partial charge >= 0.3 is 29.8 Å². The maximum absolute atomic E-state index is 12.1. The summed E-state index contributed by atoms with van der Waals surface area (Å²) in [5.74, 6) is -1.82. The van der Waals surface area contributed by atoms with Gasteiger partial charge in [0.15, 0.2) is 0 Å². The molecule has 0 aromatic rings. The predicted octanol–water partition coefficient (Wildman–Crippen LogP) is 9.11. The number of epoxide rings is 1. The summed E-state index contributed by atoms with van der Waals surface area (Å²) in [5.41, 5.74) is 0.554. The fourth-order valence-corrected chi connectivity index (χ4v) is 8.39. The zero-order chi connectivity index (χ0) is 41.6. The van der Waals surface area contributed by atoms with Crippen LogP contribution >= 0.6 is 0 Å². The van der Waals surface area contributed by atoms with Crippen LogP contribution in [0.5, 0.6) is 0 Å². The number of esters is 5. The van der Waals surface area contributed by atoms with Crippen molar-refractivity contribution in [3.8, 4) is 0 Å². The second-order valence-electron chi connectivity index (χ2n) is 16.5. The maximum atomic E-state index is 12.1. The fraction of sp³-hybridized carbons (Fsp3) is 0.844. The summed E-state index contributed by atoms with van der Waals surface area (Å²) < 4.78 is 40.1. The third-order valence-electron chi connectivity index (χ3n) is 11.2. The van der Waals surface area contributed by atoms with Gasteiger partial charge in [-0.25, -0.2) is 4.79 Å². The van der Waals surface area contributed by atoms with Gasteiger partial charge in [0.25, 0.3) is 0 Å². The molecule has 3 aliphatic heterocycles. The van der Waals surface area contributed by atoms with E-state index in [9.17, 15) is 24.0 Å². The van der Waals surface area contributed by atoms with Gasteiger partial charge in [0, 0.05) is 39.7 Å². The van der Waals surface area contributed by atoms with Gasteiger partial charge in [-0.1, -0.05) is 64.7 Å². The summed E-state index contributed by atoms with van der Waals surface area (Å²) in [4.78, 5) is 59.9. The molecule has 3 aliphatic rings. The lowest BCUT2D eigenvalue weighted by Gasteiger charge is -2.27. The van der Waals surface area contributed by atoms with E-state index in [4.69, 9.17) is 33.2 Å². The van der Waals surface area contributed by atoms with Crippen LogP contribution in [0, 0.1) is 0 Å². The molecule has 3 heterocycles. The number of ether oxygens (including phenoxy) is 7. The Hall–Kier alpha value is -2.99. The lowest BCUT2D eigenvalue weighted by atomic mass is 9.98. The molecule has 326 valence electrons. The lowest BCUT2D eigenvalue weighted by Crippen LogP contribution is -2.35. The number of carbonyl (C=O) groups excluding carboxylic acids is 5. The summed E-state index contributed by atoms with van der Waals surface area (Å²) in [6, 6.07) is 0. The Bertz CT molecular complexity index is 1260. The standard InChI is InChI=1S/C45H74O12/c1-7-8-22-42-43(57-42)25-18-14-10-13-17-24-40(54-34(5)48)44-28-27-37(56-44)21-19-26-41(55-35(6)49)39(53-33(4)47)23-16-12-9-11-15-20-38(52-32(3)46)30-36-29-31(2)51-45(36)50/h29,31,37-44H,7-28,30H2,1-6H3/t31?,37-,38?,39-,40+,41-,42?,43?,44+/m1/s1. The van der Waals surface area contributed by atoms with E-state index in [1.165, 1.54) is 72.6 Å². The summed E-state index contributed by atoms with van der Waals surface area (Å²) in [5, 5.41) is 0. The van der Waals surface area contributed by atoms with Gasteiger partial charge in [-0.05, 0) is 96.5 Å². The maximum Gasteiger partial charge on any atom is 0.334 e. The molecule has 0 spiro atoms. The molecule has 0 saturated carbocycles. The Morgan fingerprint density at radius 2 is 1.18 bits per heavy atom. The zero-order valence-electron chi connectivity index (χ0n) is 35.9. The van der Waals surface area contributed by atoms with Crippen molar-refractivity contribution < 1.29 is 57.1 Å². The van der Waals surface area contributed by atoms with Crippen LogP contribution in [0.2, 0.25) is 0 Å². The van der Waals surface area contributed by atoms with Crippen molar-refractivity contribution in [3.63, 3.8) is 0 Å². The molecule has 4 unspecified atom stereocenters. The van der Waals surface area contributed by atoms with E-state index in [1.807, 2.05) is 0 Å². The van der Waals surface area contributed by atoms with Crippen molar-refractivity contribution in [1.82, 2.24) is 0 Å². The van der Waals surface area contributed by atoms with E-state index in [0.717, 1.165) is 77.0 Å². The predicted molar refractivity (Wildman–Crippen MR) is 215 cm³/mol. The van der Waals surface area contributed by atoms with Crippen molar-refractivity contribution in [2.45, 2.75) is 244 Å². The molecule has 0 amide bonds. The van der Waals surface area contributed by atoms with Crippen LogP contribution in [-0.2, 0) is 57.1 Å². The van der Waals surface area contributed by atoms with Gasteiger partial charge in [0.05, 0.1) is 24.4 Å². The van der Waals surface area contributed by atoms with Gasteiger partial charge in [-0.15, -0.1) is 0 Å². The van der Waals surface area contributed by atoms with Crippen LogP contribution in [-0.4, -0.2) is 84.8 Å². The van der Waals surface area contributed by atoms with Gasteiger partial charge in [-0.3, -0.25) is 19.2 Å². The van der Waals surface area contributed by atoms with E-state index in [2.05, 4.69) is 6.92 Å². The van der Waals surface area contributed by atoms with Crippen LogP contribution in [0.15, 0.2) is 11.6 Å². The van der Waals surface area contributed by atoms with Crippen LogP contribution in [0.25, 0.3) is 0 Å². The monoisotopic (exact) mass is 807 g/mol. The second-order valence-corrected chi connectivity index (χ2v) is 16.5. The highest BCUT2D eigenvalue weighted by Crippen LogP contribution is 2.33. The van der Waals surface area contributed by atoms with Gasteiger partial charge in [0.2, 0.25) is 0 Å². The van der Waals surface area contributed by atoms with Crippen LogP contribution in [0.1, 0.15) is 189 Å². The molecule has 0 aromatic carbocycles. The van der Waals surface area contributed by atoms with Crippen molar-refractivity contribution in [2.75, 3.05) is 0 Å². The average Bonchev–Trinajstić information content (AvgIpc) is 3.57. The van der Waals surface area contributed by atoms with Crippen LogP contribution in [0.4, 0.5) is 0 Å². The summed E-state index contributed by atoms with van der Waals surface area (Å²) >= 11 is 0. The second kappa shape index (κ2) is 26.9. The molecular weight excluding hydrogens is 732 g/mol. The Morgan fingerprint density at radius 1 is 0.632 bits per heavy atom. The molecule has 0 aromatic heterocycles. The molecule has 12 heteroatoms. The van der Waals surface area contributed by atoms with Crippen molar-refractivity contribution >= 4 is 29.8 Å². The topological polar surface area (TPSA) is 153 Å². The molecule has 57 heavy (non-hydrogen) atoms. The first kappa shape index (κ1) is 48.4. The molecule has 0 radical (unpaired) electrons. The first-order valence-electron chi connectivity index (χ1n) is 22.3. The molecule has 0 bridgehead atoms. The molecular formula is C45H74O12. The van der Waals surface area contributed by atoms with E-state index in [1.54, 1.807) is 13.0 Å². The van der Waals surface area contributed by atoms with Gasteiger partial charge in [-0.2, -0.15) is 0 Å². The molecule has 0 aliphatic carbocycles. The third-order valence-corrected chi connectivity index (χ3v) is 11.2. The highest BCUT2D eigenvalue weighted by molar-refractivity contribution is 5.91. The van der Waals surface area contributed by atoms with E-state index in [-0.39, 0.29) is 48.4 Å². The normalized spacial score (nSPS) is 23.5. The van der Waals surface area contributed by atoms with E-state index >= 15 is 0 Å². The molecule has 2 saturated heterocycles. The Kier molecular flexibility index (Phi) is 22.8. The third kappa shape index (κ3) is 20.5. The smallest absolute Gasteiger partial charge is 0.334 e. The first-order valence-corrected chi connectivity index (χ1v) is 22.3. The zero-order valence-corrected chi connectivity index (χ0v) is 35.9. The molecule has 9 atom stereocenters. The van der Waals surface area contributed by atoms with Crippen molar-refractivity contribution in [3.05, 3.63) is 11.6 Å². The van der Waals surface area contributed by atoms with E-state index < -0.39 is 24.1 Å². The van der Waals surface area contributed by atoms with Gasteiger partial charge in [0.1, 0.15) is 30.5 Å². The Balaban J connectivity index is 1.36. The number of carbonyl (C=O) groups is 5. The van der Waals surface area contributed by atoms with Crippen molar-refractivity contribution in [1.29, 1.82) is 0 Å². The fourth-order valence-electron chi connectivity index (χ4n) is 8.39. The summed E-state index contributed by atoms with van der Waals surface area (Å²) in [7, 11) is 0. The van der Waals surface area contributed by atoms with Gasteiger partial charge < -0.3 is 33.2 Å². The van der Waals surface area contributed by atoms with Crippen LogP contribution < -0.4 is 0 Å². The number of unbranched alkanes of at least 4 members (excludes halogenated alkanes) is 9. The number of rotatable bonds is 31. The molecule has 0 N–H and O–H groups in total. The quantitative estimate of drug-likeness (QED) is 0.0284. The summed E-state index contributed by atoms with van der Waals surface area (Å²) in [6.07, 6.45) is 21.7. The number of hydrogen-bond donors (Lipinski definition) is 0. The SMILES string of the molecule is CCCCC1OC1CCCCCCC[C@H](OC(C)=O)[C@@H]1CC[C@@H](CCC[C@@H](OC(C)=O)[C@@H](CCCCCCCC(CC2=CC(C)OC2=O)OC(C)=O)OC(C)=O)O1. The number of hydrogen-bond acceptors (Lipinski definition) is 12. The first-order chi connectivity index (χ1) is 27.3. The highest BCUT2D eigenvalue weighted by Gasteiger charge is 2.37. The molecule has 2 fully saturated rings. The minimum atomic E-state index is -0.555. The Labute approximate surface area is 342 Å². The molecule has 3 rings (SSSR count). The largest absolute Gasteiger partial charge is 0.462 e. The van der Waals surface area contributed by atoms with Crippen LogP contribution in [0.3, 0.4) is 0 Å². The lowest BCUT2D eigenvalue weighted by molar-refractivity contribution is -0.166. The average molecular weight is 807 g/mol.